The van der Waals surface area contributed by atoms with Gasteiger partial charge in [0, 0.05) is 15.2 Å². The van der Waals surface area contributed by atoms with Crippen LogP contribution in [0.5, 0.6) is 0 Å². The number of para-hydroxylation sites is 2. The Morgan fingerprint density at radius 1 is 0.929 bits per heavy atom. The van der Waals surface area contributed by atoms with Gasteiger partial charge in [-0.05, 0) is 42.0 Å². The first kappa shape index (κ1) is 18.1. The van der Waals surface area contributed by atoms with Gasteiger partial charge in [-0.15, -0.1) is 0 Å². The molecular formula is C22H16BrN3O2. The van der Waals surface area contributed by atoms with Crippen molar-refractivity contribution in [2.45, 2.75) is 6.54 Å². The van der Waals surface area contributed by atoms with Crippen LogP contribution < -0.4 is 10.9 Å². The first-order chi connectivity index (χ1) is 13.6. The highest BCUT2D eigenvalue weighted by molar-refractivity contribution is 9.10. The van der Waals surface area contributed by atoms with Gasteiger partial charge in [-0.2, -0.15) is 5.10 Å². The van der Waals surface area contributed by atoms with Crippen molar-refractivity contribution in [2.75, 3.05) is 0 Å². The third-order valence-corrected chi connectivity index (χ3v) is 4.98. The molecule has 0 saturated heterocycles. The first-order valence-corrected chi connectivity index (χ1v) is 9.50. The molecular weight excluding hydrogens is 418 g/mol. The lowest BCUT2D eigenvalue weighted by Gasteiger charge is -2.14. The summed E-state index contributed by atoms with van der Waals surface area (Å²) in [4.78, 5) is 25.2. The van der Waals surface area contributed by atoms with Gasteiger partial charge >= 0.3 is 0 Å². The van der Waals surface area contributed by atoms with Gasteiger partial charge in [0.05, 0.1) is 17.2 Å². The Hall–Kier alpha value is -3.25. The number of hydrogen-bond acceptors (Lipinski definition) is 3. The van der Waals surface area contributed by atoms with Crippen molar-refractivity contribution in [3.8, 4) is 0 Å². The number of hydrogen-bond donors (Lipinski definition) is 1. The maximum absolute atomic E-state index is 12.7. The summed E-state index contributed by atoms with van der Waals surface area (Å²) < 4.78 is 2.82. The van der Waals surface area contributed by atoms with Gasteiger partial charge in [-0.1, -0.05) is 52.3 Å². The molecule has 0 bridgehead atoms. The van der Waals surface area contributed by atoms with Crippen molar-refractivity contribution in [3.63, 3.8) is 0 Å². The van der Waals surface area contributed by atoms with E-state index in [0.29, 0.717) is 10.8 Å². The molecule has 0 aliphatic heterocycles. The molecule has 0 aliphatic rings. The highest BCUT2D eigenvalue weighted by Crippen LogP contribution is 2.19. The predicted molar refractivity (Wildman–Crippen MR) is 116 cm³/mol. The predicted octanol–water partition coefficient (Wildman–Crippen LogP) is 4.07. The molecule has 1 heterocycles. The van der Waals surface area contributed by atoms with E-state index in [1.54, 1.807) is 18.3 Å². The van der Waals surface area contributed by atoms with Crippen LogP contribution in [0.2, 0.25) is 0 Å². The molecule has 1 N–H and O–H groups in total. The Kier molecular flexibility index (Phi) is 5.04. The lowest BCUT2D eigenvalue weighted by atomic mass is 10.1. The molecule has 3 aromatic carbocycles. The van der Waals surface area contributed by atoms with Crippen molar-refractivity contribution in [1.29, 1.82) is 0 Å². The number of fused-ring (bicyclic) bond motifs is 2. The average Bonchev–Trinajstić information content (AvgIpc) is 2.72. The number of pyridine rings is 1. The van der Waals surface area contributed by atoms with Crippen LogP contribution in [0.4, 0.5) is 0 Å². The van der Waals surface area contributed by atoms with Crippen LogP contribution in [0.15, 0.2) is 87.2 Å². The fourth-order valence-corrected chi connectivity index (χ4v) is 3.42. The molecule has 0 radical (unpaired) electrons. The largest absolute Gasteiger partial charge is 0.331 e. The van der Waals surface area contributed by atoms with Crippen molar-refractivity contribution in [2.24, 2.45) is 5.10 Å². The zero-order valence-corrected chi connectivity index (χ0v) is 16.4. The molecule has 138 valence electrons. The first-order valence-electron chi connectivity index (χ1n) is 8.71. The lowest BCUT2D eigenvalue weighted by molar-refractivity contribution is -0.121. The second-order valence-electron chi connectivity index (χ2n) is 6.29. The van der Waals surface area contributed by atoms with Crippen molar-refractivity contribution < 1.29 is 4.79 Å². The Morgan fingerprint density at radius 2 is 1.50 bits per heavy atom. The molecule has 28 heavy (non-hydrogen) atoms. The minimum Gasteiger partial charge on any atom is -0.331 e. The van der Waals surface area contributed by atoms with E-state index in [2.05, 4.69) is 26.5 Å². The van der Waals surface area contributed by atoms with E-state index < -0.39 is 0 Å². The maximum Gasteiger partial charge on any atom is 0.260 e. The van der Waals surface area contributed by atoms with Gasteiger partial charge in [0.1, 0.15) is 6.54 Å². The number of benzene rings is 3. The quantitative estimate of drug-likeness (QED) is 0.299. The number of halogens is 1. The van der Waals surface area contributed by atoms with Crippen LogP contribution in [0.3, 0.4) is 0 Å². The summed E-state index contributed by atoms with van der Waals surface area (Å²) in [5, 5.41) is 5.21. The van der Waals surface area contributed by atoms with E-state index in [1.165, 1.54) is 0 Å². The Bertz CT molecular complexity index is 1200. The van der Waals surface area contributed by atoms with Crippen LogP contribution in [0.1, 0.15) is 5.56 Å². The van der Waals surface area contributed by atoms with E-state index in [1.807, 2.05) is 65.2 Å². The second-order valence-corrected chi connectivity index (χ2v) is 7.21. The van der Waals surface area contributed by atoms with Crippen LogP contribution in [-0.4, -0.2) is 16.7 Å². The fraction of sp³-hybridized carbons (Fsp3) is 0.0455. The summed E-state index contributed by atoms with van der Waals surface area (Å²) >= 11 is 3.38. The molecule has 6 heteroatoms. The minimum absolute atomic E-state index is 0.0314. The Morgan fingerprint density at radius 3 is 2.11 bits per heavy atom. The number of aromatic nitrogens is 1. The summed E-state index contributed by atoms with van der Waals surface area (Å²) in [6.07, 6.45) is 1.59. The molecule has 0 spiro atoms. The number of carbonyl (C=O) groups is 1. The number of rotatable bonds is 4. The summed E-state index contributed by atoms with van der Waals surface area (Å²) in [7, 11) is 0. The zero-order chi connectivity index (χ0) is 19.5. The highest BCUT2D eigenvalue weighted by Gasteiger charge is 2.12. The third-order valence-electron chi connectivity index (χ3n) is 4.45. The normalized spacial score (nSPS) is 11.3. The molecule has 0 unspecified atom stereocenters. The lowest BCUT2D eigenvalue weighted by Crippen LogP contribution is -2.25. The van der Waals surface area contributed by atoms with E-state index in [-0.39, 0.29) is 17.9 Å². The van der Waals surface area contributed by atoms with Crippen LogP contribution in [0, 0.1) is 0 Å². The molecule has 0 fully saturated rings. The van der Waals surface area contributed by atoms with Crippen LogP contribution in [-0.2, 0) is 11.3 Å². The summed E-state index contributed by atoms with van der Waals surface area (Å²) in [5.74, 6) is -0.271. The standard InChI is InChI=1S/C22H16BrN3O2/c23-16-11-9-15(10-12-16)13-24-25-21(27)14-26-19-7-3-1-5-17(19)22(28)18-6-2-4-8-20(18)26/h1-13H,14H2,(H,25,27)/b24-13+. The summed E-state index contributed by atoms with van der Waals surface area (Å²) in [6, 6.07) is 22.2. The van der Waals surface area contributed by atoms with Gasteiger partial charge < -0.3 is 4.57 Å². The topological polar surface area (TPSA) is 63.5 Å². The molecule has 0 aliphatic carbocycles. The smallest absolute Gasteiger partial charge is 0.260 e. The van der Waals surface area contributed by atoms with Gasteiger partial charge in [0.25, 0.3) is 5.91 Å². The molecule has 4 aromatic rings. The van der Waals surface area contributed by atoms with Crippen LogP contribution in [0.25, 0.3) is 21.8 Å². The van der Waals surface area contributed by atoms with Gasteiger partial charge in [-0.25, -0.2) is 5.43 Å². The monoisotopic (exact) mass is 433 g/mol. The van der Waals surface area contributed by atoms with E-state index in [0.717, 1.165) is 21.1 Å². The second kappa shape index (κ2) is 7.78. The van der Waals surface area contributed by atoms with Crippen molar-refractivity contribution in [3.05, 3.63) is 93.1 Å². The Labute approximate surface area is 169 Å². The molecule has 0 saturated carbocycles. The molecule has 4 rings (SSSR count). The number of nitrogens with zero attached hydrogens (tertiary/aromatic N) is 2. The number of nitrogens with one attached hydrogen (secondary N) is 1. The summed E-state index contributed by atoms with van der Waals surface area (Å²) in [5.41, 5.74) is 4.85. The number of carbonyl (C=O) groups excluding carboxylic acids is 1. The molecule has 1 amide bonds. The molecule has 1 aromatic heterocycles. The van der Waals surface area contributed by atoms with E-state index in [9.17, 15) is 9.59 Å². The fourth-order valence-electron chi connectivity index (χ4n) is 3.15. The SMILES string of the molecule is O=C(Cn1c2ccccc2c(=O)c2ccccc21)N/N=C/c1ccc(Br)cc1. The minimum atomic E-state index is -0.271. The van der Waals surface area contributed by atoms with Gasteiger partial charge in [0.15, 0.2) is 5.43 Å². The summed E-state index contributed by atoms with van der Waals surface area (Å²) in [6.45, 7) is 0.0545. The maximum atomic E-state index is 12.7. The van der Waals surface area contributed by atoms with Crippen LogP contribution >= 0.6 is 15.9 Å². The third kappa shape index (κ3) is 3.59. The Balaban J connectivity index is 1.65. The number of amides is 1. The zero-order valence-electron chi connectivity index (χ0n) is 14.8. The van der Waals surface area contributed by atoms with Gasteiger partial charge in [0.2, 0.25) is 0 Å². The highest BCUT2D eigenvalue weighted by atomic mass is 79.9. The van der Waals surface area contributed by atoms with Crippen molar-refractivity contribution in [1.82, 2.24) is 9.99 Å². The van der Waals surface area contributed by atoms with E-state index >= 15 is 0 Å². The van der Waals surface area contributed by atoms with Crippen molar-refractivity contribution >= 4 is 49.9 Å². The molecule has 0 atom stereocenters. The average molecular weight is 434 g/mol. The van der Waals surface area contributed by atoms with E-state index in [4.69, 9.17) is 0 Å². The molecule has 5 nitrogen and oxygen atoms in total. The van der Waals surface area contributed by atoms with Gasteiger partial charge in [-0.3, -0.25) is 9.59 Å². The number of hydrazone groups is 1.